The fourth-order valence-electron chi connectivity index (χ4n) is 1.66. The molecule has 0 bridgehead atoms. The van der Waals surface area contributed by atoms with E-state index in [4.69, 9.17) is 4.74 Å². The predicted octanol–water partition coefficient (Wildman–Crippen LogP) is -0.0848. The van der Waals surface area contributed by atoms with E-state index >= 15 is 0 Å². The molecule has 114 valence electrons. The summed E-state index contributed by atoms with van der Waals surface area (Å²) in [7, 11) is 1.52. The summed E-state index contributed by atoms with van der Waals surface area (Å²) in [5, 5.41) is 27.8. The van der Waals surface area contributed by atoms with Crippen molar-refractivity contribution < 1.29 is 14.6 Å². The molecule has 2 N–H and O–H groups in total. The van der Waals surface area contributed by atoms with Crippen molar-refractivity contribution in [1.29, 1.82) is 0 Å². The van der Waals surface area contributed by atoms with E-state index < -0.39 is 6.10 Å². The van der Waals surface area contributed by atoms with Crippen molar-refractivity contribution in [2.24, 2.45) is 0 Å². The van der Waals surface area contributed by atoms with E-state index in [2.05, 4.69) is 20.7 Å². The van der Waals surface area contributed by atoms with Crippen LogP contribution in [0.3, 0.4) is 0 Å². The van der Waals surface area contributed by atoms with Crippen LogP contribution in [0.2, 0.25) is 0 Å². The highest BCUT2D eigenvalue weighted by molar-refractivity contribution is 7.08. The van der Waals surface area contributed by atoms with Crippen molar-refractivity contribution >= 4 is 17.2 Å². The first-order valence-electron chi connectivity index (χ1n) is 6.43. The molecule has 1 amide bonds. The first kappa shape index (κ1) is 15.5. The Balaban J connectivity index is 1.75. The average Bonchev–Trinajstić information content (AvgIpc) is 3.09. The van der Waals surface area contributed by atoms with Crippen LogP contribution in [-0.2, 0) is 16.1 Å². The Bertz CT molecular complexity index is 557. The van der Waals surface area contributed by atoms with Crippen LogP contribution in [0.1, 0.15) is 6.42 Å². The lowest BCUT2D eigenvalue weighted by molar-refractivity contribution is -0.122. The summed E-state index contributed by atoms with van der Waals surface area (Å²) in [6.45, 7) is 0.622. The third-order valence-electron chi connectivity index (χ3n) is 2.68. The van der Waals surface area contributed by atoms with Gasteiger partial charge in [-0.05, 0) is 23.1 Å². The molecule has 0 spiro atoms. The molecule has 2 aromatic rings. The molecule has 21 heavy (non-hydrogen) atoms. The van der Waals surface area contributed by atoms with Crippen molar-refractivity contribution in [3.05, 3.63) is 16.8 Å². The number of methoxy groups -OCH3 is 1. The fraction of sp³-hybridized carbons (Fsp3) is 0.500. The maximum absolute atomic E-state index is 11.7. The van der Waals surface area contributed by atoms with Gasteiger partial charge in [0, 0.05) is 24.6 Å². The summed E-state index contributed by atoms with van der Waals surface area (Å²) < 4.78 is 4.80. The number of amides is 1. The summed E-state index contributed by atoms with van der Waals surface area (Å²) in [4.78, 5) is 12.9. The van der Waals surface area contributed by atoms with E-state index in [9.17, 15) is 9.90 Å². The Morgan fingerprint density at radius 3 is 3.19 bits per heavy atom. The predicted molar refractivity (Wildman–Crippen MR) is 76.6 cm³/mol. The maximum Gasteiger partial charge on any atom is 0.243 e. The summed E-state index contributed by atoms with van der Waals surface area (Å²) in [5.41, 5.74) is 0.884. The third-order valence-corrected chi connectivity index (χ3v) is 3.36. The molecule has 8 nitrogen and oxygen atoms in total. The lowest BCUT2D eigenvalue weighted by atomic mass is 10.2. The third kappa shape index (κ3) is 4.88. The second-order valence-corrected chi connectivity index (χ2v) is 5.18. The largest absolute Gasteiger partial charge is 0.391 e. The molecule has 2 heterocycles. The molecule has 0 saturated carbocycles. The molecule has 2 rings (SSSR count). The van der Waals surface area contributed by atoms with Crippen LogP contribution in [0, 0.1) is 0 Å². The zero-order valence-corrected chi connectivity index (χ0v) is 12.4. The van der Waals surface area contributed by atoms with Crippen LogP contribution < -0.4 is 5.32 Å². The summed E-state index contributed by atoms with van der Waals surface area (Å²) in [5.74, 6) is 0.272. The van der Waals surface area contributed by atoms with Crippen LogP contribution >= 0.6 is 11.3 Å². The molecule has 1 atom stereocenters. The van der Waals surface area contributed by atoms with Crippen LogP contribution in [0.5, 0.6) is 0 Å². The number of carbonyl (C=O) groups is 1. The van der Waals surface area contributed by atoms with Gasteiger partial charge < -0.3 is 15.2 Å². The number of nitrogens with zero attached hydrogens (tertiary/aromatic N) is 4. The van der Waals surface area contributed by atoms with Crippen molar-refractivity contribution in [3.8, 4) is 11.4 Å². The Labute approximate surface area is 125 Å². The van der Waals surface area contributed by atoms with Gasteiger partial charge in [-0.3, -0.25) is 4.79 Å². The number of nitrogens with one attached hydrogen (secondary N) is 1. The SMILES string of the molecule is COCC(O)CCNC(=O)Cn1nnc(-c2ccsc2)n1. The van der Waals surface area contributed by atoms with E-state index in [-0.39, 0.29) is 19.1 Å². The van der Waals surface area contributed by atoms with Gasteiger partial charge in [0.25, 0.3) is 0 Å². The fourth-order valence-corrected chi connectivity index (χ4v) is 2.29. The topological polar surface area (TPSA) is 102 Å². The Morgan fingerprint density at radius 2 is 2.48 bits per heavy atom. The number of tetrazole rings is 1. The monoisotopic (exact) mass is 311 g/mol. The quantitative estimate of drug-likeness (QED) is 0.707. The number of rotatable bonds is 8. The van der Waals surface area contributed by atoms with Gasteiger partial charge in [-0.2, -0.15) is 16.1 Å². The van der Waals surface area contributed by atoms with Crippen LogP contribution in [0.15, 0.2) is 16.8 Å². The van der Waals surface area contributed by atoms with Crippen molar-refractivity contribution in [3.63, 3.8) is 0 Å². The molecule has 0 aliphatic carbocycles. The zero-order valence-electron chi connectivity index (χ0n) is 11.6. The first-order valence-corrected chi connectivity index (χ1v) is 7.37. The number of thiophene rings is 1. The highest BCUT2D eigenvalue weighted by atomic mass is 32.1. The van der Waals surface area contributed by atoms with E-state index in [1.807, 2.05) is 16.8 Å². The molecule has 9 heteroatoms. The summed E-state index contributed by atoms with van der Waals surface area (Å²) in [6.07, 6.45) is -0.144. The van der Waals surface area contributed by atoms with Gasteiger partial charge in [0.1, 0.15) is 6.54 Å². The van der Waals surface area contributed by atoms with Gasteiger partial charge in [-0.1, -0.05) is 0 Å². The lowest BCUT2D eigenvalue weighted by Crippen LogP contribution is -2.31. The number of hydrogen-bond donors (Lipinski definition) is 2. The maximum atomic E-state index is 11.7. The molecule has 1 unspecified atom stereocenters. The molecule has 0 aliphatic rings. The zero-order chi connectivity index (χ0) is 15.1. The van der Waals surface area contributed by atoms with Gasteiger partial charge >= 0.3 is 0 Å². The number of carbonyl (C=O) groups excluding carboxylic acids is 1. The normalized spacial score (nSPS) is 12.3. The Hall–Kier alpha value is -1.84. The highest BCUT2D eigenvalue weighted by Gasteiger charge is 2.10. The minimum atomic E-state index is -0.579. The molecular formula is C12H17N5O3S. The lowest BCUT2D eigenvalue weighted by Gasteiger charge is -2.09. The molecule has 0 fully saturated rings. The number of aromatic nitrogens is 4. The summed E-state index contributed by atoms with van der Waals surface area (Å²) >= 11 is 1.55. The van der Waals surface area contributed by atoms with E-state index in [0.717, 1.165) is 5.56 Å². The number of aliphatic hydroxyl groups excluding tert-OH is 1. The number of hydrogen-bond acceptors (Lipinski definition) is 7. The standard InChI is InChI=1S/C12H17N5O3S/c1-20-7-10(18)2-4-13-11(19)6-17-15-12(14-16-17)9-3-5-21-8-9/h3,5,8,10,18H,2,4,6-7H2,1H3,(H,13,19). The van der Waals surface area contributed by atoms with Gasteiger partial charge in [0.05, 0.1) is 12.7 Å². The van der Waals surface area contributed by atoms with Crippen molar-refractivity contribution in [2.75, 3.05) is 20.3 Å². The molecule has 0 aromatic carbocycles. The van der Waals surface area contributed by atoms with Crippen LogP contribution in [-0.4, -0.2) is 57.6 Å². The molecule has 0 aliphatic heterocycles. The van der Waals surface area contributed by atoms with Gasteiger partial charge in [-0.15, -0.1) is 10.2 Å². The van der Waals surface area contributed by atoms with Crippen molar-refractivity contribution in [1.82, 2.24) is 25.5 Å². The van der Waals surface area contributed by atoms with Crippen LogP contribution in [0.4, 0.5) is 0 Å². The van der Waals surface area contributed by atoms with Crippen molar-refractivity contribution in [2.45, 2.75) is 19.1 Å². The Kier molecular flexibility index (Phi) is 5.78. The highest BCUT2D eigenvalue weighted by Crippen LogP contribution is 2.16. The Morgan fingerprint density at radius 1 is 1.62 bits per heavy atom. The molecular weight excluding hydrogens is 294 g/mol. The average molecular weight is 311 g/mol. The molecule has 0 radical (unpaired) electrons. The number of aliphatic hydroxyl groups is 1. The van der Waals surface area contributed by atoms with E-state index in [1.54, 1.807) is 11.3 Å². The summed E-state index contributed by atoms with van der Waals surface area (Å²) in [6, 6.07) is 1.89. The second-order valence-electron chi connectivity index (χ2n) is 4.40. The van der Waals surface area contributed by atoms with Crippen LogP contribution in [0.25, 0.3) is 11.4 Å². The minimum absolute atomic E-state index is 0.00247. The second kappa shape index (κ2) is 7.81. The first-order chi connectivity index (χ1) is 10.2. The van der Waals surface area contributed by atoms with E-state index in [0.29, 0.717) is 18.8 Å². The van der Waals surface area contributed by atoms with Gasteiger partial charge in [0.2, 0.25) is 11.7 Å². The van der Waals surface area contributed by atoms with Gasteiger partial charge in [-0.25, -0.2) is 0 Å². The number of ether oxygens (including phenoxy) is 1. The minimum Gasteiger partial charge on any atom is -0.391 e. The molecule has 2 aromatic heterocycles. The molecule has 0 saturated heterocycles. The van der Waals surface area contributed by atoms with E-state index in [1.165, 1.54) is 11.9 Å². The van der Waals surface area contributed by atoms with Gasteiger partial charge in [0.15, 0.2) is 0 Å². The smallest absolute Gasteiger partial charge is 0.243 e.